The third-order valence-corrected chi connectivity index (χ3v) is 5.20. The molecule has 1 aliphatic heterocycles. The average Bonchev–Trinajstić information content (AvgIpc) is 2.86. The molecule has 0 aromatic heterocycles. The van der Waals surface area contributed by atoms with Crippen molar-refractivity contribution in [1.82, 2.24) is 16.1 Å². The summed E-state index contributed by atoms with van der Waals surface area (Å²) in [5.74, 6) is 2.40. The summed E-state index contributed by atoms with van der Waals surface area (Å²) in [6.45, 7) is 3.52. The summed E-state index contributed by atoms with van der Waals surface area (Å²) in [6, 6.07) is 13.6. The Morgan fingerprint density at radius 2 is 1.89 bits per heavy atom. The minimum atomic E-state index is -0.616. The van der Waals surface area contributed by atoms with Crippen molar-refractivity contribution in [1.29, 1.82) is 0 Å². The van der Waals surface area contributed by atoms with E-state index in [-0.39, 0.29) is 19.8 Å². The number of benzene rings is 2. The van der Waals surface area contributed by atoms with Crippen LogP contribution in [0.1, 0.15) is 31.0 Å². The molecule has 0 bridgehead atoms. The van der Waals surface area contributed by atoms with Crippen LogP contribution in [0.3, 0.4) is 0 Å². The number of ether oxygens (including phenoxy) is 3. The SMILES string of the molecule is C#CCOc1ccccc1C=NNC(=O)COc1ccccc1[C@@H]1NC(=S)NC(C)=C1C(=O)OCC. The number of terminal acetylenes is 1. The molecule has 36 heavy (non-hydrogen) atoms. The lowest BCUT2D eigenvalue weighted by Gasteiger charge is -2.30. The fourth-order valence-corrected chi connectivity index (χ4v) is 3.72. The van der Waals surface area contributed by atoms with E-state index in [9.17, 15) is 9.59 Å². The number of thiocarbonyl (C=S) groups is 1. The number of nitrogens with one attached hydrogen (secondary N) is 3. The van der Waals surface area contributed by atoms with E-state index in [0.29, 0.717) is 39.0 Å². The molecule has 10 heteroatoms. The molecule has 0 unspecified atom stereocenters. The van der Waals surface area contributed by atoms with Gasteiger partial charge in [0.25, 0.3) is 5.91 Å². The smallest absolute Gasteiger partial charge is 0.338 e. The van der Waals surface area contributed by atoms with Crippen LogP contribution in [0.25, 0.3) is 0 Å². The minimum absolute atomic E-state index is 0.119. The molecule has 0 saturated carbocycles. The molecule has 2 aromatic rings. The van der Waals surface area contributed by atoms with Gasteiger partial charge in [-0.25, -0.2) is 10.2 Å². The van der Waals surface area contributed by atoms with Gasteiger partial charge in [-0.1, -0.05) is 36.3 Å². The Morgan fingerprint density at radius 1 is 1.17 bits per heavy atom. The number of carbonyl (C=O) groups is 2. The molecule has 186 valence electrons. The van der Waals surface area contributed by atoms with Gasteiger partial charge in [0.15, 0.2) is 11.7 Å². The maximum atomic E-state index is 12.7. The number of nitrogens with zero attached hydrogens (tertiary/aromatic N) is 1. The molecule has 3 N–H and O–H groups in total. The van der Waals surface area contributed by atoms with E-state index in [2.05, 4.69) is 27.1 Å². The third-order valence-electron chi connectivity index (χ3n) is 4.98. The summed E-state index contributed by atoms with van der Waals surface area (Å²) in [6.07, 6.45) is 6.69. The lowest BCUT2D eigenvalue weighted by atomic mass is 9.95. The van der Waals surface area contributed by atoms with Crippen LogP contribution in [-0.4, -0.2) is 43.0 Å². The quantitative estimate of drug-likeness (QED) is 0.148. The summed E-state index contributed by atoms with van der Waals surface area (Å²) < 4.78 is 16.5. The standard InChI is InChI=1S/C26H26N4O5S/c1-4-14-34-20-12-8-6-10-18(20)15-27-30-22(31)16-35-21-13-9-7-11-19(21)24-23(25(32)33-5-2)17(3)28-26(36)29-24/h1,6-13,15,24H,5,14,16H2,2-3H3,(H,30,31)(H2,28,29,36)/t24-/m0/s1. The van der Waals surface area contributed by atoms with Gasteiger partial charge in [-0.05, 0) is 44.3 Å². The van der Waals surface area contributed by atoms with Gasteiger partial charge in [-0.2, -0.15) is 5.10 Å². The van der Waals surface area contributed by atoms with Crippen molar-refractivity contribution in [2.75, 3.05) is 19.8 Å². The van der Waals surface area contributed by atoms with Gasteiger partial charge in [-0.15, -0.1) is 6.42 Å². The fraction of sp³-hybridized carbons (Fsp3) is 0.231. The number of hydrogen-bond donors (Lipinski definition) is 3. The van der Waals surface area contributed by atoms with Crippen molar-refractivity contribution < 1.29 is 23.8 Å². The molecule has 3 rings (SSSR count). The molecule has 2 aromatic carbocycles. The van der Waals surface area contributed by atoms with Crippen LogP contribution >= 0.6 is 12.2 Å². The first kappa shape index (κ1) is 26.2. The molecular weight excluding hydrogens is 480 g/mol. The molecule has 1 amide bonds. The minimum Gasteiger partial charge on any atom is -0.483 e. The summed E-state index contributed by atoms with van der Waals surface area (Å²) in [7, 11) is 0. The van der Waals surface area contributed by atoms with Crippen LogP contribution in [-0.2, 0) is 14.3 Å². The Bertz CT molecular complexity index is 1230. The fourth-order valence-electron chi connectivity index (χ4n) is 3.44. The number of esters is 1. The second-order valence-electron chi connectivity index (χ2n) is 7.44. The summed E-state index contributed by atoms with van der Waals surface area (Å²) in [5, 5.41) is 10.4. The van der Waals surface area contributed by atoms with Crippen LogP contribution in [0.4, 0.5) is 0 Å². The number of para-hydroxylation sites is 2. The van der Waals surface area contributed by atoms with Crippen molar-refractivity contribution in [3.63, 3.8) is 0 Å². The third kappa shape index (κ3) is 6.84. The molecule has 0 fully saturated rings. The van der Waals surface area contributed by atoms with Gasteiger partial charge < -0.3 is 24.8 Å². The largest absolute Gasteiger partial charge is 0.483 e. The van der Waals surface area contributed by atoms with Crippen LogP contribution in [0.2, 0.25) is 0 Å². The van der Waals surface area contributed by atoms with E-state index >= 15 is 0 Å². The Kier molecular flexibility index (Phi) is 9.42. The first-order chi connectivity index (χ1) is 17.4. The highest BCUT2D eigenvalue weighted by Crippen LogP contribution is 2.33. The number of amides is 1. The molecule has 1 aliphatic rings. The Labute approximate surface area is 214 Å². The van der Waals surface area contributed by atoms with Gasteiger partial charge in [0, 0.05) is 16.8 Å². The molecule has 0 radical (unpaired) electrons. The van der Waals surface area contributed by atoms with E-state index < -0.39 is 17.9 Å². The molecular formula is C26H26N4O5S. The Morgan fingerprint density at radius 3 is 2.64 bits per heavy atom. The first-order valence-corrected chi connectivity index (χ1v) is 11.5. The molecule has 0 aliphatic carbocycles. The van der Waals surface area contributed by atoms with Crippen LogP contribution in [0, 0.1) is 12.3 Å². The first-order valence-electron chi connectivity index (χ1n) is 11.1. The lowest BCUT2D eigenvalue weighted by molar-refractivity contribution is -0.139. The second-order valence-corrected chi connectivity index (χ2v) is 7.85. The normalized spacial score (nSPS) is 14.9. The zero-order chi connectivity index (χ0) is 25.9. The van der Waals surface area contributed by atoms with E-state index in [4.69, 9.17) is 32.9 Å². The van der Waals surface area contributed by atoms with Crippen LogP contribution in [0.5, 0.6) is 11.5 Å². The van der Waals surface area contributed by atoms with Crippen molar-refractivity contribution in [3.8, 4) is 23.8 Å². The van der Waals surface area contributed by atoms with Crippen LogP contribution in [0.15, 0.2) is 64.9 Å². The van der Waals surface area contributed by atoms with Gasteiger partial charge >= 0.3 is 5.97 Å². The highest BCUT2D eigenvalue weighted by Gasteiger charge is 2.32. The molecule has 1 atom stereocenters. The molecule has 9 nitrogen and oxygen atoms in total. The van der Waals surface area contributed by atoms with Crippen molar-refractivity contribution in [2.24, 2.45) is 5.10 Å². The zero-order valence-electron chi connectivity index (χ0n) is 19.9. The number of hydrazone groups is 1. The molecule has 0 saturated heterocycles. The van der Waals surface area contributed by atoms with Gasteiger partial charge in [0.1, 0.15) is 18.1 Å². The predicted molar refractivity (Wildman–Crippen MR) is 139 cm³/mol. The zero-order valence-corrected chi connectivity index (χ0v) is 20.7. The Balaban J connectivity index is 1.70. The molecule has 0 spiro atoms. The van der Waals surface area contributed by atoms with Crippen molar-refractivity contribution in [2.45, 2.75) is 19.9 Å². The van der Waals surface area contributed by atoms with Crippen molar-refractivity contribution >= 4 is 35.4 Å². The van der Waals surface area contributed by atoms with Crippen molar-refractivity contribution in [3.05, 3.63) is 70.9 Å². The summed E-state index contributed by atoms with van der Waals surface area (Å²) >= 11 is 5.29. The Hall–Kier alpha value is -4.36. The summed E-state index contributed by atoms with van der Waals surface area (Å²) in [4.78, 5) is 25.0. The molecule has 1 heterocycles. The van der Waals surface area contributed by atoms with Gasteiger partial charge in [0.05, 0.1) is 24.4 Å². The highest BCUT2D eigenvalue weighted by molar-refractivity contribution is 7.80. The number of carbonyl (C=O) groups excluding carboxylic acids is 2. The number of hydrogen-bond acceptors (Lipinski definition) is 7. The van der Waals surface area contributed by atoms with Gasteiger partial charge in [0.2, 0.25) is 0 Å². The predicted octanol–water partition coefficient (Wildman–Crippen LogP) is 2.58. The second kappa shape index (κ2) is 12.9. The highest BCUT2D eigenvalue weighted by atomic mass is 32.1. The summed E-state index contributed by atoms with van der Waals surface area (Å²) in [5.41, 5.74) is 4.66. The lowest BCUT2D eigenvalue weighted by Crippen LogP contribution is -2.45. The van der Waals surface area contributed by atoms with E-state index in [0.717, 1.165) is 0 Å². The number of allylic oxidation sites excluding steroid dienone is 1. The van der Waals surface area contributed by atoms with E-state index in [1.165, 1.54) is 6.21 Å². The van der Waals surface area contributed by atoms with Gasteiger partial charge in [-0.3, -0.25) is 4.79 Å². The average molecular weight is 507 g/mol. The maximum absolute atomic E-state index is 12.7. The topological polar surface area (TPSA) is 110 Å². The maximum Gasteiger partial charge on any atom is 0.338 e. The van der Waals surface area contributed by atoms with Crippen LogP contribution < -0.4 is 25.5 Å². The number of rotatable bonds is 10. The van der Waals surface area contributed by atoms with E-state index in [1.54, 1.807) is 56.3 Å². The monoisotopic (exact) mass is 506 g/mol. The van der Waals surface area contributed by atoms with E-state index in [1.807, 2.05) is 6.07 Å².